The lowest BCUT2D eigenvalue weighted by Crippen LogP contribution is -1.98. The lowest BCUT2D eigenvalue weighted by Gasteiger charge is -1.90. The van der Waals surface area contributed by atoms with Crippen molar-refractivity contribution in [3.63, 3.8) is 0 Å². The van der Waals surface area contributed by atoms with E-state index in [2.05, 4.69) is 5.16 Å². The Morgan fingerprint density at radius 1 is 1.57 bits per heavy atom. The third-order valence-electron chi connectivity index (χ3n) is 1.83. The molecule has 0 aliphatic heterocycles. The van der Waals surface area contributed by atoms with Gasteiger partial charge in [-0.1, -0.05) is 16.8 Å². The van der Waals surface area contributed by atoms with Crippen LogP contribution < -0.4 is 0 Å². The Balaban J connectivity index is 2.52. The first-order chi connectivity index (χ1) is 6.66. The van der Waals surface area contributed by atoms with Gasteiger partial charge in [0.2, 0.25) is 0 Å². The predicted octanol–water partition coefficient (Wildman–Crippen LogP) is 2.11. The number of fused-ring (bicyclic) bond motifs is 1. The maximum absolute atomic E-state index is 10.5. The molecule has 0 atom stereocenters. The average Bonchev–Trinajstić information content (AvgIpc) is 2.47. The third-order valence-corrected chi connectivity index (χ3v) is 2.06. The first-order valence-corrected chi connectivity index (χ1v) is 4.30. The highest BCUT2D eigenvalue weighted by atomic mass is 35.5. The summed E-state index contributed by atoms with van der Waals surface area (Å²) in [5, 5.41) is 13.5. The van der Waals surface area contributed by atoms with Crippen LogP contribution in [-0.4, -0.2) is 16.2 Å². The van der Waals surface area contributed by atoms with Crippen molar-refractivity contribution in [1.29, 1.82) is 0 Å². The van der Waals surface area contributed by atoms with Crippen LogP contribution in [-0.2, 0) is 11.2 Å². The first kappa shape index (κ1) is 9.02. The van der Waals surface area contributed by atoms with Crippen molar-refractivity contribution in [2.75, 3.05) is 0 Å². The standard InChI is InChI=1S/C9H6ClNO3/c10-5-1-2-6-7(3-5)11-14-8(6)4-9(12)13/h1-3H,4H2,(H,12,13). The molecular formula is C9H6ClNO3. The normalized spacial score (nSPS) is 10.6. The highest BCUT2D eigenvalue weighted by Crippen LogP contribution is 2.22. The summed E-state index contributed by atoms with van der Waals surface area (Å²) in [5.41, 5.74) is 0.578. The number of aliphatic carboxylic acids is 1. The number of carboxylic acid groups (broad SMARTS) is 1. The summed E-state index contributed by atoms with van der Waals surface area (Å²) in [7, 11) is 0. The molecule has 0 radical (unpaired) electrons. The molecule has 2 aromatic rings. The van der Waals surface area contributed by atoms with Crippen molar-refractivity contribution in [3.8, 4) is 0 Å². The van der Waals surface area contributed by atoms with Gasteiger partial charge >= 0.3 is 5.97 Å². The number of benzene rings is 1. The third kappa shape index (κ3) is 1.56. The van der Waals surface area contributed by atoms with Gasteiger partial charge < -0.3 is 9.63 Å². The van der Waals surface area contributed by atoms with E-state index in [1.54, 1.807) is 18.2 Å². The van der Waals surface area contributed by atoms with Gasteiger partial charge in [-0.25, -0.2) is 0 Å². The molecule has 0 saturated heterocycles. The van der Waals surface area contributed by atoms with Crippen molar-refractivity contribution in [2.45, 2.75) is 6.42 Å². The maximum atomic E-state index is 10.5. The first-order valence-electron chi connectivity index (χ1n) is 3.92. The summed E-state index contributed by atoms with van der Waals surface area (Å²) in [4.78, 5) is 10.5. The van der Waals surface area contributed by atoms with E-state index in [9.17, 15) is 4.79 Å². The summed E-state index contributed by atoms with van der Waals surface area (Å²) >= 11 is 5.74. The molecule has 0 spiro atoms. The Morgan fingerprint density at radius 3 is 3.07 bits per heavy atom. The molecule has 0 fully saturated rings. The van der Waals surface area contributed by atoms with Crippen LogP contribution in [0.1, 0.15) is 5.76 Å². The fraction of sp³-hybridized carbons (Fsp3) is 0.111. The summed E-state index contributed by atoms with van der Waals surface area (Å²) in [6, 6.07) is 5.00. The van der Waals surface area contributed by atoms with Crippen molar-refractivity contribution in [1.82, 2.24) is 5.16 Å². The van der Waals surface area contributed by atoms with Crippen molar-refractivity contribution >= 4 is 28.5 Å². The second kappa shape index (κ2) is 3.31. The molecule has 0 amide bonds. The number of halogens is 1. The van der Waals surface area contributed by atoms with Gasteiger partial charge in [0.05, 0.1) is 0 Å². The number of nitrogens with zero attached hydrogens (tertiary/aromatic N) is 1. The van der Waals surface area contributed by atoms with Crippen LogP contribution in [0.5, 0.6) is 0 Å². The Hall–Kier alpha value is -1.55. The number of rotatable bonds is 2. The molecule has 1 N–H and O–H groups in total. The molecule has 2 rings (SSSR count). The minimum atomic E-state index is -0.946. The molecule has 5 heteroatoms. The Labute approximate surface area is 84.1 Å². The summed E-state index contributed by atoms with van der Waals surface area (Å²) in [6.45, 7) is 0. The summed E-state index contributed by atoms with van der Waals surface area (Å²) < 4.78 is 4.89. The van der Waals surface area contributed by atoms with Crippen molar-refractivity contribution in [3.05, 3.63) is 29.0 Å². The second-order valence-corrected chi connectivity index (χ2v) is 3.27. The van der Waals surface area contributed by atoms with Gasteiger partial charge in [-0.3, -0.25) is 4.79 Å². The number of hydrogen-bond acceptors (Lipinski definition) is 3. The Morgan fingerprint density at radius 2 is 2.36 bits per heavy atom. The van der Waals surface area contributed by atoms with Crippen LogP contribution in [0.15, 0.2) is 22.7 Å². The quantitative estimate of drug-likeness (QED) is 0.826. The number of carboxylic acids is 1. The largest absolute Gasteiger partial charge is 0.481 e. The fourth-order valence-corrected chi connectivity index (χ4v) is 1.40. The molecule has 1 heterocycles. The molecule has 0 unspecified atom stereocenters. The van der Waals surface area contributed by atoms with Crippen LogP contribution in [0, 0.1) is 0 Å². The van der Waals surface area contributed by atoms with Crippen LogP contribution >= 0.6 is 11.6 Å². The lowest BCUT2D eigenvalue weighted by molar-refractivity contribution is -0.136. The minimum Gasteiger partial charge on any atom is -0.481 e. The molecule has 1 aromatic heterocycles. The Bertz CT molecular complexity index is 492. The molecular weight excluding hydrogens is 206 g/mol. The highest BCUT2D eigenvalue weighted by molar-refractivity contribution is 6.31. The van der Waals surface area contributed by atoms with E-state index in [-0.39, 0.29) is 6.42 Å². The van der Waals surface area contributed by atoms with Gasteiger partial charge in [0.15, 0.2) is 5.76 Å². The maximum Gasteiger partial charge on any atom is 0.311 e. The molecule has 1 aromatic carbocycles. The molecule has 0 aliphatic carbocycles. The van der Waals surface area contributed by atoms with Gasteiger partial charge in [0, 0.05) is 10.4 Å². The van der Waals surface area contributed by atoms with E-state index in [0.717, 1.165) is 0 Å². The predicted molar refractivity (Wildman–Crippen MR) is 50.4 cm³/mol. The van der Waals surface area contributed by atoms with E-state index >= 15 is 0 Å². The Kier molecular flexibility index (Phi) is 2.13. The fourth-order valence-electron chi connectivity index (χ4n) is 1.23. The zero-order chi connectivity index (χ0) is 10.1. The monoisotopic (exact) mass is 211 g/mol. The van der Waals surface area contributed by atoms with Crippen molar-refractivity contribution in [2.24, 2.45) is 0 Å². The van der Waals surface area contributed by atoms with E-state index in [4.69, 9.17) is 21.2 Å². The molecule has 4 nitrogen and oxygen atoms in total. The van der Waals surface area contributed by atoms with Crippen LogP contribution in [0.2, 0.25) is 5.02 Å². The number of hydrogen-bond donors (Lipinski definition) is 1. The minimum absolute atomic E-state index is 0.169. The highest BCUT2D eigenvalue weighted by Gasteiger charge is 2.11. The zero-order valence-electron chi connectivity index (χ0n) is 7.03. The van der Waals surface area contributed by atoms with E-state index in [1.807, 2.05) is 0 Å². The number of aromatic nitrogens is 1. The van der Waals surface area contributed by atoms with E-state index in [1.165, 1.54) is 0 Å². The SMILES string of the molecule is O=C(O)Cc1onc2cc(Cl)ccc12. The second-order valence-electron chi connectivity index (χ2n) is 2.84. The van der Waals surface area contributed by atoms with Gasteiger partial charge in [-0.15, -0.1) is 0 Å². The van der Waals surface area contributed by atoms with Crippen LogP contribution in [0.25, 0.3) is 10.9 Å². The summed E-state index contributed by atoms with van der Waals surface area (Å²) in [5.74, 6) is -0.595. The summed E-state index contributed by atoms with van der Waals surface area (Å²) in [6.07, 6.45) is -0.169. The smallest absolute Gasteiger partial charge is 0.311 e. The zero-order valence-corrected chi connectivity index (χ0v) is 7.78. The van der Waals surface area contributed by atoms with Gasteiger partial charge in [-0.05, 0) is 18.2 Å². The van der Waals surface area contributed by atoms with Gasteiger partial charge in [0.1, 0.15) is 11.9 Å². The van der Waals surface area contributed by atoms with Crippen molar-refractivity contribution < 1.29 is 14.4 Å². The molecule has 72 valence electrons. The molecule has 14 heavy (non-hydrogen) atoms. The molecule has 0 aliphatic rings. The average molecular weight is 212 g/mol. The van der Waals surface area contributed by atoms with Gasteiger partial charge in [0.25, 0.3) is 0 Å². The number of carbonyl (C=O) groups is 1. The topological polar surface area (TPSA) is 63.3 Å². The molecule has 0 bridgehead atoms. The van der Waals surface area contributed by atoms with E-state index in [0.29, 0.717) is 21.7 Å². The van der Waals surface area contributed by atoms with E-state index < -0.39 is 5.97 Å². The lowest BCUT2D eigenvalue weighted by atomic mass is 10.2. The van der Waals surface area contributed by atoms with Crippen LogP contribution in [0.4, 0.5) is 0 Å². The van der Waals surface area contributed by atoms with Crippen LogP contribution in [0.3, 0.4) is 0 Å². The molecule has 0 saturated carbocycles. The van der Waals surface area contributed by atoms with Gasteiger partial charge in [-0.2, -0.15) is 0 Å².